The molecule has 1 aromatic heterocycles. The highest BCUT2D eigenvalue weighted by Gasteiger charge is 2.12. The van der Waals surface area contributed by atoms with Gasteiger partial charge in [-0.3, -0.25) is 14.6 Å². The lowest BCUT2D eigenvalue weighted by Crippen LogP contribution is -2.20. The van der Waals surface area contributed by atoms with Gasteiger partial charge in [0.15, 0.2) is 10.6 Å². The molecular formula is C17H16N2O4S. The Kier molecular flexibility index (Phi) is 5.59. The van der Waals surface area contributed by atoms with Gasteiger partial charge in [-0.15, -0.1) is 0 Å². The molecule has 2 N–H and O–H groups in total. The van der Waals surface area contributed by atoms with Crippen LogP contribution < -0.4 is 5.56 Å². The average Bonchev–Trinajstić information content (AvgIpc) is 2.53. The number of aromatic amines is 2. The molecule has 0 amide bonds. The number of carbonyl (C=O) groups excluding carboxylic acids is 2. The molecule has 7 heteroatoms. The lowest BCUT2D eigenvalue weighted by molar-refractivity contribution is -0.114. The Hall–Kier alpha value is -2.80. The Morgan fingerprint density at radius 3 is 2.42 bits per heavy atom. The molecule has 0 saturated carbocycles. The summed E-state index contributed by atoms with van der Waals surface area (Å²) in [7, 11) is 0. The van der Waals surface area contributed by atoms with Crippen molar-refractivity contribution in [3.05, 3.63) is 74.4 Å². The summed E-state index contributed by atoms with van der Waals surface area (Å²) >= 11 is 4.75. The van der Waals surface area contributed by atoms with E-state index in [4.69, 9.17) is 17.0 Å². The van der Waals surface area contributed by atoms with Gasteiger partial charge in [-0.25, -0.2) is 4.79 Å². The van der Waals surface area contributed by atoms with Crippen molar-refractivity contribution in [1.29, 1.82) is 0 Å². The Morgan fingerprint density at radius 2 is 1.83 bits per heavy atom. The number of rotatable bonds is 6. The summed E-state index contributed by atoms with van der Waals surface area (Å²) in [5, 5.41) is 0. The second kappa shape index (κ2) is 7.65. The van der Waals surface area contributed by atoms with Crippen LogP contribution in [0.3, 0.4) is 0 Å². The maximum Gasteiger partial charge on any atom is 0.345 e. The number of esters is 1. The number of carbonyl (C=O) groups is 2. The summed E-state index contributed by atoms with van der Waals surface area (Å²) < 4.78 is 5.24. The Bertz CT molecular complexity index is 894. The third-order valence-corrected chi connectivity index (χ3v) is 3.49. The number of Topliss-reactive ketones (excluding diaryl/α,β-unsaturated/α-hetero) is 1. The maximum atomic E-state index is 11.9. The molecule has 0 spiro atoms. The number of hydrogen-bond acceptors (Lipinski definition) is 5. The molecule has 0 radical (unpaired) electrons. The molecule has 0 bridgehead atoms. The Morgan fingerprint density at radius 1 is 1.21 bits per heavy atom. The molecular weight excluding hydrogens is 328 g/mol. The van der Waals surface area contributed by atoms with E-state index in [1.54, 1.807) is 31.2 Å². The second-order valence-corrected chi connectivity index (χ2v) is 5.67. The molecule has 0 aliphatic carbocycles. The van der Waals surface area contributed by atoms with Gasteiger partial charge in [-0.05, 0) is 35.8 Å². The topological polar surface area (TPSA) is 92.0 Å². The SMILES string of the molecule is C=C(C)C(=O)Cc1ccc(COC(=O)c2c[nH]c(=S)[nH]c2=O)cc1. The van der Waals surface area contributed by atoms with Crippen molar-refractivity contribution >= 4 is 24.0 Å². The van der Waals surface area contributed by atoms with E-state index >= 15 is 0 Å². The average molecular weight is 344 g/mol. The first-order chi connectivity index (χ1) is 11.4. The fourth-order valence-corrected chi connectivity index (χ4v) is 2.03. The van der Waals surface area contributed by atoms with Gasteiger partial charge in [-0.2, -0.15) is 0 Å². The molecule has 0 saturated heterocycles. The third-order valence-electron chi connectivity index (χ3n) is 3.27. The van der Waals surface area contributed by atoms with Crippen molar-refractivity contribution in [2.24, 2.45) is 0 Å². The summed E-state index contributed by atoms with van der Waals surface area (Å²) in [4.78, 5) is 40.0. The molecule has 1 heterocycles. The van der Waals surface area contributed by atoms with E-state index in [1.807, 2.05) is 0 Å². The van der Waals surface area contributed by atoms with Crippen LogP contribution in [-0.2, 0) is 22.6 Å². The molecule has 2 aromatic rings. The highest BCUT2D eigenvalue weighted by Crippen LogP contribution is 2.09. The first kappa shape index (κ1) is 17.6. The lowest BCUT2D eigenvalue weighted by Gasteiger charge is -2.06. The summed E-state index contributed by atoms with van der Waals surface area (Å²) in [6, 6.07) is 7.10. The van der Waals surface area contributed by atoms with Crippen LogP contribution in [0.5, 0.6) is 0 Å². The van der Waals surface area contributed by atoms with E-state index in [1.165, 1.54) is 6.20 Å². The number of ketones is 1. The van der Waals surface area contributed by atoms with Crippen LogP contribution in [-0.4, -0.2) is 21.7 Å². The van der Waals surface area contributed by atoms with Gasteiger partial charge in [0.05, 0.1) is 0 Å². The van der Waals surface area contributed by atoms with Crippen LogP contribution in [0.1, 0.15) is 28.4 Å². The fraction of sp³-hybridized carbons (Fsp3) is 0.176. The van der Waals surface area contributed by atoms with E-state index in [0.29, 0.717) is 5.57 Å². The quantitative estimate of drug-likeness (QED) is 0.477. The number of ether oxygens (including phenoxy) is 1. The highest BCUT2D eigenvalue weighted by atomic mass is 32.1. The zero-order valence-corrected chi connectivity index (χ0v) is 13.9. The van der Waals surface area contributed by atoms with E-state index in [9.17, 15) is 14.4 Å². The van der Waals surface area contributed by atoms with Crippen LogP contribution in [0.25, 0.3) is 0 Å². The van der Waals surface area contributed by atoms with Crippen molar-refractivity contribution in [1.82, 2.24) is 9.97 Å². The number of benzene rings is 1. The molecule has 24 heavy (non-hydrogen) atoms. The van der Waals surface area contributed by atoms with Crippen LogP contribution >= 0.6 is 12.2 Å². The number of H-pyrrole nitrogens is 2. The summed E-state index contributed by atoms with van der Waals surface area (Å²) in [6.45, 7) is 5.31. The first-order valence-corrected chi connectivity index (χ1v) is 7.53. The molecule has 0 aliphatic rings. The molecule has 0 fully saturated rings. The minimum absolute atomic E-state index is 0.0165. The van der Waals surface area contributed by atoms with Crippen molar-refractivity contribution < 1.29 is 14.3 Å². The van der Waals surface area contributed by atoms with Crippen molar-refractivity contribution in [2.75, 3.05) is 0 Å². The van der Waals surface area contributed by atoms with Gasteiger partial charge in [0.25, 0.3) is 5.56 Å². The van der Waals surface area contributed by atoms with Gasteiger partial charge >= 0.3 is 5.97 Å². The number of hydrogen-bond donors (Lipinski definition) is 2. The van der Waals surface area contributed by atoms with Gasteiger partial charge in [0.2, 0.25) is 0 Å². The number of aromatic nitrogens is 2. The third kappa shape index (κ3) is 4.60. The molecule has 1 aromatic carbocycles. The number of allylic oxidation sites excluding steroid dienone is 1. The largest absolute Gasteiger partial charge is 0.457 e. The predicted octanol–water partition coefficient (Wildman–Crippen LogP) is 2.48. The van der Waals surface area contributed by atoms with Gasteiger partial charge < -0.3 is 9.72 Å². The van der Waals surface area contributed by atoms with Crippen LogP contribution in [0.4, 0.5) is 0 Å². The van der Waals surface area contributed by atoms with Crippen LogP contribution in [0.15, 0.2) is 47.4 Å². The smallest absolute Gasteiger partial charge is 0.345 e. The van der Waals surface area contributed by atoms with Gasteiger partial charge in [-0.1, -0.05) is 30.8 Å². The zero-order chi connectivity index (χ0) is 17.7. The summed E-state index contributed by atoms with van der Waals surface area (Å²) in [5.41, 5.74) is 1.37. The molecule has 0 aliphatic heterocycles. The normalized spacial score (nSPS) is 10.2. The van der Waals surface area contributed by atoms with Crippen molar-refractivity contribution in [3.63, 3.8) is 0 Å². The maximum absolute atomic E-state index is 11.9. The van der Waals surface area contributed by atoms with Gasteiger partial charge in [0.1, 0.15) is 12.2 Å². The van der Waals surface area contributed by atoms with Gasteiger partial charge in [0, 0.05) is 12.6 Å². The minimum atomic E-state index is -0.746. The van der Waals surface area contributed by atoms with Crippen LogP contribution in [0.2, 0.25) is 0 Å². The number of nitrogens with one attached hydrogen (secondary N) is 2. The summed E-state index contributed by atoms with van der Waals surface area (Å²) in [6.07, 6.45) is 1.50. The molecule has 0 unspecified atom stereocenters. The highest BCUT2D eigenvalue weighted by molar-refractivity contribution is 7.71. The van der Waals surface area contributed by atoms with E-state index in [-0.39, 0.29) is 29.1 Å². The predicted molar refractivity (Wildman–Crippen MR) is 91.3 cm³/mol. The van der Waals surface area contributed by atoms with E-state index in [2.05, 4.69) is 16.5 Å². The Balaban J connectivity index is 1.98. The van der Waals surface area contributed by atoms with Crippen molar-refractivity contribution in [2.45, 2.75) is 20.0 Å². The standard InChI is InChI=1S/C17H16N2O4S/c1-10(2)14(20)7-11-3-5-12(6-4-11)9-23-16(22)13-8-18-17(24)19-15(13)21/h3-6,8H,1,7,9H2,2H3,(H2,18,19,21,24). The first-order valence-electron chi connectivity index (χ1n) is 7.12. The molecule has 6 nitrogen and oxygen atoms in total. The Labute approximate surface area is 143 Å². The minimum Gasteiger partial charge on any atom is -0.457 e. The van der Waals surface area contributed by atoms with E-state index < -0.39 is 11.5 Å². The molecule has 2 rings (SSSR count). The molecule has 124 valence electrons. The summed E-state index contributed by atoms with van der Waals surface area (Å²) in [5.74, 6) is -0.765. The fourth-order valence-electron chi connectivity index (χ4n) is 1.88. The second-order valence-electron chi connectivity index (χ2n) is 5.26. The lowest BCUT2D eigenvalue weighted by atomic mass is 10.0. The van der Waals surface area contributed by atoms with E-state index in [0.717, 1.165) is 11.1 Å². The molecule has 0 atom stereocenters. The monoisotopic (exact) mass is 344 g/mol. The zero-order valence-electron chi connectivity index (χ0n) is 13.0. The van der Waals surface area contributed by atoms with Crippen LogP contribution in [0, 0.1) is 4.77 Å². The van der Waals surface area contributed by atoms with Crippen molar-refractivity contribution in [3.8, 4) is 0 Å².